The summed E-state index contributed by atoms with van der Waals surface area (Å²) in [7, 11) is 1.41. The molecule has 1 aromatic heterocycles. The van der Waals surface area contributed by atoms with Gasteiger partial charge in [-0.2, -0.15) is 0 Å². The van der Waals surface area contributed by atoms with E-state index < -0.39 is 4.92 Å². The summed E-state index contributed by atoms with van der Waals surface area (Å²) in [6, 6.07) is 4.16. The molecule has 1 aromatic carbocycles. The summed E-state index contributed by atoms with van der Waals surface area (Å²) < 4.78 is 10.0. The number of nitrogens with zero attached hydrogens (tertiary/aromatic N) is 2. The van der Waals surface area contributed by atoms with E-state index >= 15 is 0 Å². The molecule has 1 heterocycles. The molecular formula is C10H9N3O4. The van der Waals surface area contributed by atoms with Crippen LogP contribution in [0.25, 0.3) is 11.3 Å². The molecule has 0 aliphatic carbocycles. The summed E-state index contributed by atoms with van der Waals surface area (Å²) in [5.41, 5.74) is 6.45. The van der Waals surface area contributed by atoms with Gasteiger partial charge in [0.05, 0.1) is 29.9 Å². The molecule has 0 spiro atoms. The SMILES string of the molecule is COc1cc([N+](=O)[O-])ccc1-c1oncc1N. The minimum Gasteiger partial charge on any atom is -0.496 e. The van der Waals surface area contributed by atoms with Gasteiger partial charge in [-0.3, -0.25) is 10.1 Å². The highest BCUT2D eigenvalue weighted by Crippen LogP contribution is 2.35. The summed E-state index contributed by atoms with van der Waals surface area (Å²) in [5, 5.41) is 14.2. The number of rotatable bonds is 3. The normalized spacial score (nSPS) is 10.2. The van der Waals surface area contributed by atoms with E-state index in [1.165, 1.54) is 31.5 Å². The molecule has 2 N–H and O–H groups in total. The largest absolute Gasteiger partial charge is 0.496 e. The molecule has 2 rings (SSSR count). The van der Waals surface area contributed by atoms with E-state index in [9.17, 15) is 10.1 Å². The first kappa shape index (κ1) is 10.9. The number of ether oxygens (including phenoxy) is 1. The van der Waals surface area contributed by atoms with Crippen LogP contribution >= 0.6 is 0 Å². The fourth-order valence-electron chi connectivity index (χ4n) is 1.43. The predicted molar refractivity (Wildman–Crippen MR) is 59.6 cm³/mol. The molecule has 0 bridgehead atoms. The third-order valence-electron chi connectivity index (χ3n) is 2.24. The number of methoxy groups -OCH3 is 1. The number of hydrogen-bond acceptors (Lipinski definition) is 6. The van der Waals surface area contributed by atoms with Crippen LogP contribution < -0.4 is 10.5 Å². The second-order valence-electron chi connectivity index (χ2n) is 3.25. The Morgan fingerprint density at radius 3 is 2.82 bits per heavy atom. The Labute approximate surface area is 95.9 Å². The van der Waals surface area contributed by atoms with Gasteiger partial charge < -0.3 is 15.0 Å². The van der Waals surface area contributed by atoms with Crippen LogP contribution in [0.3, 0.4) is 0 Å². The molecule has 7 nitrogen and oxygen atoms in total. The number of nitrogen functional groups attached to an aromatic ring is 1. The van der Waals surface area contributed by atoms with Gasteiger partial charge in [0.1, 0.15) is 11.4 Å². The number of non-ortho nitro benzene ring substituents is 1. The molecule has 0 amide bonds. The third-order valence-corrected chi connectivity index (χ3v) is 2.24. The molecule has 88 valence electrons. The van der Waals surface area contributed by atoms with Crippen molar-refractivity contribution in [3.8, 4) is 17.1 Å². The fraction of sp³-hybridized carbons (Fsp3) is 0.100. The summed E-state index contributed by atoms with van der Waals surface area (Å²) in [6.45, 7) is 0. The molecule has 0 saturated heterocycles. The zero-order valence-electron chi connectivity index (χ0n) is 8.91. The summed E-state index contributed by atoms with van der Waals surface area (Å²) in [4.78, 5) is 10.1. The van der Waals surface area contributed by atoms with Crippen molar-refractivity contribution in [3.63, 3.8) is 0 Å². The molecule has 0 radical (unpaired) electrons. The molecule has 0 atom stereocenters. The predicted octanol–water partition coefficient (Wildman–Crippen LogP) is 1.84. The number of benzene rings is 1. The number of nitro benzene ring substituents is 1. The molecular weight excluding hydrogens is 226 g/mol. The highest BCUT2D eigenvalue weighted by Gasteiger charge is 2.17. The van der Waals surface area contributed by atoms with Gasteiger partial charge >= 0.3 is 0 Å². The monoisotopic (exact) mass is 235 g/mol. The number of hydrogen-bond donors (Lipinski definition) is 1. The lowest BCUT2D eigenvalue weighted by molar-refractivity contribution is -0.384. The topological polar surface area (TPSA) is 104 Å². The lowest BCUT2D eigenvalue weighted by Gasteiger charge is -2.05. The van der Waals surface area contributed by atoms with Crippen molar-refractivity contribution in [3.05, 3.63) is 34.5 Å². The van der Waals surface area contributed by atoms with Gasteiger partial charge in [0.25, 0.3) is 5.69 Å². The van der Waals surface area contributed by atoms with E-state index in [-0.39, 0.29) is 5.69 Å². The Balaban J connectivity index is 2.56. The molecule has 0 saturated carbocycles. The number of nitro groups is 1. The maximum Gasteiger partial charge on any atom is 0.273 e. The van der Waals surface area contributed by atoms with E-state index in [4.69, 9.17) is 15.0 Å². The minimum atomic E-state index is -0.504. The van der Waals surface area contributed by atoms with Crippen LogP contribution in [0.1, 0.15) is 0 Å². The average molecular weight is 235 g/mol. The van der Waals surface area contributed by atoms with Crippen LogP contribution in [0.4, 0.5) is 11.4 Å². The molecule has 0 fully saturated rings. The van der Waals surface area contributed by atoms with E-state index in [0.717, 1.165) is 0 Å². The summed E-state index contributed by atoms with van der Waals surface area (Å²) in [6.07, 6.45) is 1.36. The summed E-state index contributed by atoms with van der Waals surface area (Å²) >= 11 is 0. The minimum absolute atomic E-state index is 0.0660. The maximum atomic E-state index is 10.6. The van der Waals surface area contributed by atoms with Crippen molar-refractivity contribution >= 4 is 11.4 Å². The smallest absolute Gasteiger partial charge is 0.273 e. The number of anilines is 1. The van der Waals surface area contributed by atoms with Crippen LogP contribution in [-0.4, -0.2) is 17.2 Å². The molecule has 17 heavy (non-hydrogen) atoms. The highest BCUT2D eigenvalue weighted by atomic mass is 16.6. The number of aromatic nitrogens is 1. The van der Waals surface area contributed by atoms with Gasteiger partial charge in [-0.05, 0) is 6.07 Å². The summed E-state index contributed by atoms with van der Waals surface area (Å²) in [5.74, 6) is 0.638. The fourth-order valence-corrected chi connectivity index (χ4v) is 1.43. The Hall–Kier alpha value is -2.57. The van der Waals surface area contributed by atoms with Crippen LogP contribution in [0.5, 0.6) is 5.75 Å². The first-order valence-electron chi connectivity index (χ1n) is 4.66. The lowest BCUT2D eigenvalue weighted by Crippen LogP contribution is -1.93. The standard InChI is InChI=1S/C10H9N3O4/c1-16-9-4-6(13(14)15)2-3-7(9)10-8(11)5-12-17-10/h2-5H,11H2,1H3. The first-order chi connectivity index (χ1) is 8.13. The second kappa shape index (κ2) is 4.12. The van der Waals surface area contributed by atoms with Gasteiger partial charge in [-0.1, -0.05) is 5.16 Å². The van der Waals surface area contributed by atoms with Crippen molar-refractivity contribution in [2.75, 3.05) is 12.8 Å². The van der Waals surface area contributed by atoms with Crippen molar-refractivity contribution < 1.29 is 14.2 Å². The van der Waals surface area contributed by atoms with Gasteiger partial charge in [0.15, 0.2) is 5.76 Å². The Bertz CT molecular complexity index is 564. The highest BCUT2D eigenvalue weighted by molar-refractivity contribution is 5.76. The van der Waals surface area contributed by atoms with Crippen LogP contribution in [-0.2, 0) is 0 Å². The van der Waals surface area contributed by atoms with Crippen LogP contribution in [0, 0.1) is 10.1 Å². The van der Waals surface area contributed by atoms with Crippen LogP contribution in [0.2, 0.25) is 0 Å². The molecule has 7 heteroatoms. The van der Waals surface area contributed by atoms with Crippen molar-refractivity contribution in [2.45, 2.75) is 0 Å². The Morgan fingerprint density at radius 1 is 1.53 bits per heavy atom. The maximum absolute atomic E-state index is 10.6. The van der Waals surface area contributed by atoms with E-state index in [0.29, 0.717) is 22.8 Å². The van der Waals surface area contributed by atoms with Crippen molar-refractivity contribution in [1.29, 1.82) is 0 Å². The second-order valence-corrected chi connectivity index (χ2v) is 3.25. The van der Waals surface area contributed by atoms with Gasteiger partial charge in [0.2, 0.25) is 0 Å². The Kier molecular flexibility index (Phi) is 2.65. The average Bonchev–Trinajstić information content (AvgIpc) is 2.74. The first-order valence-corrected chi connectivity index (χ1v) is 4.66. The molecule has 2 aromatic rings. The van der Waals surface area contributed by atoms with E-state index in [1.54, 1.807) is 0 Å². The lowest BCUT2D eigenvalue weighted by atomic mass is 10.1. The van der Waals surface area contributed by atoms with Gasteiger partial charge in [-0.15, -0.1) is 0 Å². The number of nitrogens with two attached hydrogens (primary N) is 1. The Morgan fingerprint density at radius 2 is 2.29 bits per heavy atom. The van der Waals surface area contributed by atoms with Crippen molar-refractivity contribution in [1.82, 2.24) is 5.16 Å². The zero-order chi connectivity index (χ0) is 12.4. The zero-order valence-corrected chi connectivity index (χ0v) is 8.91. The van der Waals surface area contributed by atoms with Gasteiger partial charge in [0, 0.05) is 6.07 Å². The van der Waals surface area contributed by atoms with E-state index in [1.807, 2.05) is 0 Å². The molecule has 0 aliphatic rings. The van der Waals surface area contributed by atoms with E-state index in [2.05, 4.69) is 5.16 Å². The van der Waals surface area contributed by atoms with Crippen molar-refractivity contribution in [2.24, 2.45) is 0 Å². The molecule has 0 aliphatic heterocycles. The van der Waals surface area contributed by atoms with Crippen LogP contribution in [0.15, 0.2) is 28.9 Å². The third kappa shape index (κ3) is 1.89. The molecule has 0 unspecified atom stereocenters. The quantitative estimate of drug-likeness (QED) is 0.642. The van der Waals surface area contributed by atoms with Gasteiger partial charge in [-0.25, -0.2) is 0 Å².